The van der Waals surface area contributed by atoms with Crippen molar-refractivity contribution in [1.29, 1.82) is 0 Å². The molecule has 0 saturated carbocycles. The van der Waals surface area contributed by atoms with Crippen molar-refractivity contribution in [2.75, 3.05) is 6.54 Å². The molecule has 0 spiro atoms. The van der Waals surface area contributed by atoms with Crippen molar-refractivity contribution in [2.24, 2.45) is 0 Å². The monoisotopic (exact) mass is 382 g/mol. The van der Waals surface area contributed by atoms with Crippen LogP contribution in [0.5, 0.6) is 0 Å². The first-order chi connectivity index (χ1) is 12.0. The molecule has 0 radical (unpaired) electrons. The molecule has 0 unspecified atom stereocenters. The third kappa shape index (κ3) is 6.78. The number of benzene rings is 1. The molecule has 6 nitrogen and oxygen atoms in total. The molecule has 0 heterocycles. The molecule has 0 aliphatic rings. The maximum atomic E-state index is 12.6. The Morgan fingerprint density at radius 3 is 2.27 bits per heavy atom. The SMILES string of the molecule is CCCNC(=O)CCCC(=O)NS(=O)(=O)c1cc(C(C)(C)C)ccc1C. The van der Waals surface area contributed by atoms with Crippen LogP contribution in [0.4, 0.5) is 0 Å². The highest BCUT2D eigenvalue weighted by molar-refractivity contribution is 7.90. The normalized spacial score (nSPS) is 11.9. The fraction of sp³-hybridized carbons (Fsp3) is 0.579. The van der Waals surface area contributed by atoms with E-state index in [4.69, 9.17) is 0 Å². The maximum absolute atomic E-state index is 12.6. The molecule has 1 rings (SSSR count). The van der Waals surface area contributed by atoms with Gasteiger partial charge in [-0.2, -0.15) is 0 Å². The Morgan fingerprint density at radius 1 is 1.08 bits per heavy atom. The molecule has 0 bridgehead atoms. The summed E-state index contributed by atoms with van der Waals surface area (Å²) in [7, 11) is -3.94. The Labute approximate surface area is 156 Å². The van der Waals surface area contributed by atoms with Gasteiger partial charge in [0.2, 0.25) is 11.8 Å². The van der Waals surface area contributed by atoms with E-state index >= 15 is 0 Å². The predicted octanol–water partition coefficient (Wildman–Crippen LogP) is 2.79. The van der Waals surface area contributed by atoms with Gasteiger partial charge in [-0.25, -0.2) is 13.1 Å². The zero-order chi connectivity index (χ0) is 20.0. The highest BCUT2D eigenvalue weighted by Gasteiger charge is 2.23. The third-order valence-corrected chi connectivity index (χ3v) is 5.49. The lowest BCUT2D eigenvalue weighted by Crippen LogP contribution is -2.31. The molecular formula is C19H30N2O4S. The number of aryl methyl sites for hydroxylation is 1. The Kier molecular flexibility index (Phi) is 7.81. The summed E-state index contributed by atoms with van der Waals surface area (Å²) in [5.41, 5.74) is 1.26. The van der Waals surface area contributed by atoms with Gasteiger partial charge in [-0.3, -0.25) is 9.59 Å². The second-order valence-electron chi connectivity index (χ2n) is 7.46. The molecule has 0 saturated heterocycles. The summed E-state index contributed by atoms with van der Waals surface area (Å²) in [6, 6.07) is 5.26. The quantitative estimate of drug-likeness (QED) is 0.723. The van der Waals surface area contributed by atoms with Crippen molar-refractivity contribution in [2.45, 2.75) is 70.6 Å². The summed E-state index contributed by atoms with van der Waals surface area (Å²) in [5.74, 6) is -0.731. The van der Waals surface area contributed by atoms with E-state index in [1.165, 1.54) is 0 Å². The van der Waals surface area contributed by atoms with Crippen LogP contribution in [-0.4, -0.2) is 26.8 Å². The van der Waals surface area contributed by atoms with Gasteiger partial charge in [-0.05, 0) is 42.4 Å². The van der Waals surface area contributed by atoms with Gasteiger partial charge in [-0.1, -0.05) is 39.8 Å². The first-order valence-electron chi connectivity index (χ1n) is 8.91. The molecule has 0 fully saturated rings. The molecule has 1 aromatic carbocycles. The minimum absolute atomic E-state index is 0.0171. The van der Waals surface area contributed by atoms with Gasteiger partial charge in [0.1, 0.15) is 0 Å². The van der Waals surface area contributed by atoms with Gasteiger partial charge in [-0.15, -0.1) is 0 Å². The molecule has 0 aliphatic heterocycles. The molecular weight excluding hydrogens is 352 g/mol. The number of hydrogen-bond donors (Lipinski definition) is 2. The topological polar surface area (TPSA) is 92.3 Å². The largest absolute Gasteiger partial charge is 0.356 e. The second kappa shape index (κ2) is 9.16. The molecule has 146 valence electrons. The van der Waals surface area contributed by atoms with Crippen molar-refractivity contribution >= 4 is 21.8 Å². The molecule has 0 aliphatic carbocycles. The molecule has 0 aromatic heterocycles. The van der Waals surface area contributed by atoms with E-state index in [9.17, 15) is 18.0 Å². The number of amides is 2. The first-order valence-corrected chi connectivity index (χ1v) is 10.4. The molecule has 26 heavy (non-hydrogen) atoms. The van der Waals surface area contributed by atoms with Crippen molar-refractivity contribution in [3.8, 4) is 0 Å². The zero-order valence-electron chi connectivity index (χ0n) is 16.3. The van der Waals surface area contributed by atoms with Crippen molar-refractivity contribution in [3.63, 3.8) is 0 Å². The molecule has 1 aromatic rings. The van der Waals surface area contributed by atoms with Crippen LogP contribution < -0.4 is 10.0 Å². The maximum Gasteiger partial charge on any atom is 0.264 e. The molecule has 2 amide bonds. The zero-order valence-corrected chi connectivity index (χ0v) is 17.1. The first kappa shape index (κ1) is 22.2. The van der Waals surface area contributed by atoms with Gasteiger partial charge in [0.25, 0.3) is 10.0 Å². The van der Waals surface area contributed by atoms with Crippen molar-refractivity contribution in [3.05, 3.63) is 29.3 Å². The van der Waals surface area contributed by atoms with Crippen molar-refractivity contribution in [1.82, 2.24) is 10.0 Å². The molecule has 7 heteroatoms. The average Bonchev–Trinajstić information content (AvgIpc) is 2.51. The molecule has 0 atom stereocenters. The standard InChI is InChI=1S/C19H30N2O4S/c1-6-12-20-17(22)8-7-9-18(23)21-26(24,25)16-13-15(19(3,4)5)11-10-14(16)2/h10-11,13H,6-9,12H2,1-5H3,(H,20,22)(H,21,23). The van der Waals surface area contributed by atoms with Gasteiger partial charge < -0.3 is 5.32 Å². The van der Waals surface area contributed by atoms with Crippen LogP contribution >= 0.6 is 0 Å². The number of sulfonamides is 1. The predicted molar refractivity (Wildman–Crippen MR) is 102 cm³/mol. The highest BCUT2D eigenvalue weighted by atomic mass is 32.2. The lowest BCUT2D eigenvalue weighted by Gasteiger charge is -2.20. The number of nitrogens with one attached hydrogen (secondary N) is 2. The lowest BCUT2D eigenvalue weighted by molar-refractivity contribution is -0.121. The Balaban J connectivity index is 2.74. The smallest absolute Gasteiger partial charge is 0.264 e. The van der Waals surface area contributed by atoms with Crippen molar-refractivity contribution < 1.29 is 18.0 Å². The van der Waals surface area contributed by atoms with Gasteiger partial charge in [0.15, 0.2) is 0 Å². The molecule has 2 N–H and O–H groups in total. The van der Waals surface area contributed by atoms with Gasteiger partial charge in [0.05, 0.1) is 4.90 Å². The van der Waals surface area contributed by atoms with Gasteiger partial charge >= 0.3 is 0 Å². The van der Waals surface area contributed by atoms with Crippen LogP contribution in [0, 0.1) is 6.92 Å². The van der Waals surface area contributed by atoms with E-state index in [-0.39, 0.29) is 29.1 Å². The number of hydrogen-bond acceptors (Lipinski definition) is 4. The number of carbonyl (C=O) groups excluding carboxylic acids is 2. The summed E-state index contributed by atoms with van der Waals surface area (Å²) in [6.07, 6.45) is 1.33. The summed E-state index contributed by atoms with van der Waals surface area (Å²) < 4.78 is 27.3. The van der Waals surface area contributed by atoms with E-state index in [2.05, 4.69) is 10.0 Å². The average molecular weight is 383 g/mol. The van der Waals surface area contributed by atoms with Gasteiger partial charge in [0, 0.05) is 19.4 Å². The summed E-state index contributed by atoms with van der Waals surface area (Å²) >= 11 is 0. The Morgan fingerprint density at radius 2 is 1.69 bits per heavy atom. The van der Waals surface area contributed by atoms with E-state index in [0.29, 0.717) is 18.5 Å². The fourth-order valence-corrected chi connectivity index (χ4v) is 3.66. The minimum Gasteiger partial charge on any atom is -0.356 e. The summed E-state index contributed by atoms with van der Waals surface area (Å²) in [4.78, 5) is 23.6. The van der Waals surface area contributed by atoms with Crippen LogP contribution in [0.3, 0.4) is 0 Å². The van der Waals surface area contributed by atoms with E-state index in [1.807, 2.05) is 33.8 Å². The second-order valence-corrected chi connectivity index (χ2v) is 9.11. The Bertz CT molecular complexity index is 749. The van der Waals surface area contributed by atoms with E-state index < -0.39 is 15.9 Å². The van der Waals surface area contributed by atoms with E-state index in [0.717, 1.165) is 12.0 Å². The van der Waals surface area contributed by atoms with Crippen LogP contribution in [-0.2, 0) is 25.0 Å². The number of rotatable bonds is 8. The highest BCUT2D eigenvalue weighted by Crippen LogP contribution is 2.26. The lowest BCUT2D eigenvalue weighted by atomic mass is 9.87. The van der Waals surface area contributed by atoms with Crippen LogP contribution in [0.15, 0.2) is 23.1 Å². The van der Waals surface area contributed by atoms with Crippen LogP contribution in [0.1, 0.15) is 64.5 Å². The summed E-state index contributed by atoms with van der Waals surface area (Å²) in [6.45, 7) is 10.2. The fourth-order valence-electron chi connectivity index (χ4n) is 2.37. The van der Waals surface area contributed by atoms with Crippen LogP contribution in [0.2, 0.25) is 0 Å². The third-order valence-electron chi connectivity index (χ3n) is 3.97. The Hall–Kier alpha value is -1.89. The summed E-state index contributed by atoms with van der Waals surface area (Å²) in [5, 5.41) is 2.72. The minimum atomic E-state index is -3.94. The number of carbonyl (C=O) groups is 2. The van der Waals surface area contributed by atoms with Crippen LogP contribution in [0.25, 0.3) is 0 Å². The van der Waals surface area contributed by atoms with E-state index in [1.54, 1.807) is 19.1 Å².